The van der Waals surface area contributed by atoms with E-state index in [0.717, 1.165) is 24.1 Å². The number of hydrogen-bond acceptors (Lipinski definition) is 3. The highest BCUT2D eigenvalue weighted by Gasteiger charge is 2.14. The van der Waals surface area contributed by atoms with Gasteiger partial charge >= 0.3 is 0 Å². The highest BCUT2D eigenvalue weighted by molar-refractivity contribution is 5.46. The van der Waals surface area contributed by atoms with Crippen LogP contribution < -0.4 is 11.1 Å². The van der Waals surface area contributed by atoms with Crippen LogP contribution in [-0.2, 0) is 6.54 Å². The molecule has 0 heterocycles. The van der Waals surface area contributed by atoms with E-state index in [2.05, 4.69) is 19.2 Å². The van der Waals surface area contributed by atoms with Crippen LogP contribution in [0.3, 0.4) is 0 Å². The Kier molecular flexibility index (Phi) is 6.01. The number of para-hydroxylation sites is 1. The van der Waals surface area contributed by atoms with Crippen LogP contribution in [0.1, 0.15) is 32.3 Å². The maximum atomic E-state index is 9.96. The number of rotatable bonds is 7. The zero-order chi connectivity index (χ0) is 12.7. The van der Waals surface area contributed by atoms with Gasteiger partial charge in [-0.15, -0.1) is 0 Å². The minimum atomic E-state index is -0.269. The molecule has 1 aromatic carbocycles. The van der Waals surface area contributed by atoms with Crippen LogP contribution in [0, 0.1) is 5.92 Å². The van der Waals surface area contributed by atoms with E-state index in [-0.39, 0.29) is 6.10 Å². The summed E-state index contributed by atoms with van der Waals surface area (Å²) in [6.45, 7) is 5.57. The maximum absolute atomic E-state index is 9.96. The number of nitrogens with two attached hydrogens (primary N) is 1. The number of nitrogens with one attached hydrogen (secondary N) is 1. The third-order valence-corrected chi connectivity index (χ3v) is 3.32. The Morgan fingerprint density at radius 3 is 2.47 bits per heavy atom. The molecule has 96 valence electrons. The van der Waals surface area contributed by atoms with E-state index < -0.39 is 0 Å². The van der Waals surface area contributed by atoms with Gasteiger partial charge in [0.05, 0.1) is 6.10 Å². The molecule has 17 heavy (non-hydrogen) atoms. The van der Waals surface area contributed by atoms with E-state index in [1.165, 1.54) is 0 Å². The molecular weight excluding hydrogens is 212 g/mol. The lowest BCUT2D eigenvalue weighted by molar-refractivity contribution is 0.101. The first-order valence-corrected chi connectivity index (χ1v) is 6.41. The third-order valence-electron chi connectivity index (χ3n) is 3.32. The van der Waals surface area contributed by atoms with Crippen molar-refractivity contribution in [2.24, 2.45) is 5.92 Å². The number of hydrogen-bond donors (Lipinski definition) is 3. The van der Waals surface area contributed by atoms with Gasteiger partial charge in [-0.3, -0.25) is 0 Å². The van der Waals surface area contributed by atoms with Crippen LogP contribution in [0.15, 0.2) is 24.3 Å². The van der Waals surface area contributed by atoms with Crippen molar-refractivity contribution >= 4 is 5.69 Å². The first-order chi connectivity index (χ1) is 8.19. The Morgan fingerprint density at radius 1 is 1.24 bits per heavy atom. The SMILES string of the molecule is CCC(CC)C(O)CNCc1ccccc1N. The van der Waals surface area contributed by atoms with E-state index in [9.17, 15) is 5.11 Å². The summed E-state index contributed by atoms with van der Waals surface area (Å²) in [5.41, 5.74) is 7.74. The molecule has 0 aliphatic rings. The van der Waals surface area contributed by atoms with Crippen LogP contribution >= 0.6 is 0 Å². The molecule has 0 saturated heterocycles. The number of anilines is 1. The molecule has 0 aliphatic carbocycles. The van der Waals surface area contributed by atoms with Gasteiger partial charge in [0.2, 0.25) is 0 Å². The van der Waals surface area contributed by atoms with Crippen LogP contribution in [0.5, 0.6) is 0 Å². The van der Waals surface area contributed by atoms with Gasteiger partial charge in [-0.1, -0.05) is 44.9 Å². The first kappa shape index (κ1) is 14.0. The highest BCUT2D eigenvalue weighted by Crippen LogP contribution is 2.13. The van der Waals surface area contributed by atoms with E-state index in [1.54, 1.807) is 0 Å². The van der Waals surface area contributed by atoms with Crippen LogP contribution in [0.25, 0.3) is 0 Å². The zero-order valence-corrected chi connectivity index (χ0v) is 10.8. The lowest BCUT2D eigenvalue weighted by atomic mass is 9.96. The molecule has 3 heteroatoms. The molecule has 4 N–H and O–H groups in total. The molecular formula is C14H24N2O. The molecule has 1 unspecified atom stereocenters. The minimum absolute atomic E-state index is 0.269. The fourth-order valence-corrected chi connectivity index (χ4v) is 2.05. The topological polar surface area (TPSA) is 58.3 Å². The van der Waals surface area contributed by atoms with E-state index in [4.69, 9.17) is 5.73 Å². The third kappa shape index (κ3) is 4.36. The number of aliphatic hydroxyl groups excluding tert-OH is 1. The van der Waals surface area contributed by atoms with Gasteiger partial charge in [-0.25, -0.2) is 0 Å². The molecule has 0 radical (unpaired) electrons. The Bertz CT molecular complexity index is 324. The molecule has 0 fully saturated rings. The van der Waals surface area contributed by atoms with Gasteiger partial charge in [0.15, 0.2) is 0 Å². The fourth-order valence-electron chi connectivity index (χ4n) is 2.05. The Morgan fingerprint density at radius 2 is 1.88 bits per heavy atom. The molecule has 1 atom stereocenters. The van der Waals surface area contributed by atoms with Crippen molar-refractivity contribution in [1.82, 2.24) is 5.32 Å². The van der Waals surface area contributed by atoms with Gasteiger partial charge in [-0.05, 0) is 17.5 Å². The summed E-state index contributed by atoms with van der Waals surface area (Å²) in [6, 6.07) is 7.81. The number of nitrogen functional groups attached to an aromatic ring is 1. The van der Waals surface area contributed by atoms with Gasteiger partial charge < -0.3 is 16.2 Å². The summed E-state index contributed by atoms with van der Waals surface area (Å²) in [4.78, 5) is 0. The largest absolute Gasteiger partial charge is 0.398 e. The molecule has 0 aromatic heterocycles. The average Bonchev–Trinajstić information content (AvgIpc) is 2.33. The molecule has 0 saturated carbocycles. The number of benzene rings is 1. The first-order valence-electron chi connectivity index (χ1n) is 6.41. The predicted octanol–water partition coefficient (Wildman–Crippen LogP) is 2.16. The summed E-state index contributed by atoms with van der Waals surface area (Å²) in [5, 5.41) is 13.2. The zero-order valence-electron chi connectivity index (χ0n) is 10.8. The van der Waals surface area contributed by atoms with Crippen molar-refractivity contribution in [1.29, 1.82) is 0 Å². The van der Waals surface area contributed by atoms with Crippen LogP contribution in [-0.4, -0.2) is 17.8 Å². The summed E-state index contributed by atoms with van der Waals surface area (Å²) in [5.74, 6) is 0.385. The van der Waals surface area contributed by atoms with Crippen LogP contribution in [0.4, 0.5) is 5.69 Å². The van der Waals surface area contributed by atoms with Gasteiger partial charge in [-0.2, -0.15) is 0 Å². The summed E-state index contributed by atoms with van der Waals surface area (Å²) in [6.07, 6.45) is 1.77. The Labute approximate surface area is 104 Å². The molecule has 3 nitrogen and oxygen atoms in total. The van der Waals surface area contributed by atoms with Crippen molar-refractivity contribution in [2.75, 3.05) is 12.3 Å². The van der Waals surface area contributed by atoms with Gasteiger partial charge in [0.25, 0.3) is 0 Å². The average molecular weight is 236 g/mol. The summed E-state index contributed by atoms with van der Waals surface area (Å²) in [7, 11) is 0. The second-order valence-corrected chi connectivity index (χ2v) is 4.47. The number of aliphatic hydroxyl groups is 1. The second-order valence-electron chi connectivity index (χ2n) is 4.47. The molecule has 0 spiro atoms. The molecule has 0 amide bonds. The quantitative estimate of drug-likeness (QED) is 0.636. The lowest BCUT2D eigenvalue weighted by Gasteiger charge is -2.20. The van der Waals surface area contributed by atoms with Gasteiger partial charge in [0, 0.05) is 18.8 Å². The smallest absolute Gasteiger partial charge is 0.0692 e. The van der Waals surface area contributed by atoms with Crippen molar-refractivity contribution in [3.63, 3.8) is 0 Å². The maximum Gasteiger partial charge on any atom is 0.0692 e. The monoisotopic (exact) mass is 236 g/mol. The van der Waals surface area contributed by atoms with Crippen molar-refractivity contribution in [2.45, 2.75) is 39.3 Å². The second kappa shape index (κ2) is 7.30. The molecule has 1 aromatic rings. The molecule has 0 aliphatic heterocycles. The van der Waals surface area contributed by atoms with Crippen molar-refractivity contribution in [3.8, 4) is 0 Å². The van der Waals surface area contributed by atoms with E-state index in [0.29, 0.717) is 19.0 Å². The van der Waals surface area contributed by atoms with Crippen LogP contribution in [0.2, 0.25) is 0 Å². The standard InChI is InChI=1S/C14H24N2O/c1-3-11(4-2)14(17)10-16-9-12-7-5-6-8-13(12)15/h5-8,11,14,16-17H,3-4,9-10,15H2,1-2H3. The summed E-state index contributed by atoms with van der Waals surface area (Å²) < 4.78 is 0. The predicted molar refractivity (Wildman–Crippen MR) is 72.6 cm³/mol. The van der Waals surface area contributed by atoms with E-state index >= 15 is 0 Å². The Balaban J connectivity index is 2.35. The summed E-state index contributed by atoms with van der Waals surface area (Å²) >= 11 is 0. The molecule has 1 rings (SSSR count). The van der Waals surface area contributed by atoms with Crippen molar-refractivity contribution < 1.29 is 5.11 Å². The van der Waals surface area contributed by atoms with E-state index in [1.807, 2.05) is 24.3 Å². The highest BCUT2D eigenvalue weighted by atomic mass is 16.3. The van der Waals surface area contributed by atoms with Crippen molar-refractivity contribution in [3.05, 3.63) is 29.8 Å². The normalized spacial score (nSPS) is 12.9. The fraction of sp³-hybridized carbons (Fsp3) is 0.571. The molecule has 0 bridgehead atoms. The minimum Gasteiger partial charge on any atom is -0.398 e. The Hall–Kier alpha value is -1.06. The lowest BCUT2D eigenvalue weighted by Crippen LogP contribution is -2.32. The van der Waals surface area contributed by atoms with Gasteiger partial charge in [0.1, 0.15) is 0 Å².